The fraction of sp³-hybridized carbons (Fsp3) is 0.235. The lowest BCUT2D eigenvalue weighted by molar-refractivity contribution is -0.145. The molecule has 0 fully saturated rings. The van der Waals surface area contributed by atoms with Crippen molar-refractivity contribution in [3.8, 4) is 5.75 Å². The quantitative estimate of drug-likeness (QED) is 0.716. The number of ether oxygens (including phenoxy) is 1. The summed E-state index contributed by atoms with van der Waals surface area (Å²) in [6, 6.07) is 11.4. The zero-order chi connectivity index (χ0) is 16.8. The van der Waals surface area contributed by atoms with Gasteiger partial charge in [0.15, 0.2) is 0 Å². The lowest BCUT2D eigenvalue weighted by atomic mass is 10.1. The minimum absolute atomic E-state index is 0.103. The molecule has 0 aliphatic rings. The number of carbonyl (C=O) groups is 1. The molecular formula is C17H17BrClNO3. The van der Waals surface area contributed by atoms with E-state index in [0.717, 1.165) is 10.0 Å². The number of carbonyl (C=O) groups excluding carboxylic acids is 1. The summed E-state index contributed by atoms with van der Waals surface area (Å²) in [5, 5.41) is 13.4. The zero-order valence-electron chi connectivity index (χ0n) is 12.6. The van der Waals surface area contributed by atoms with Crippen LogP contribution in [0.25, 0.3) is 0 Å². The van der Waals surface area contributed by atoms with Gasteiger partial charge in [0.2, 0.25) is 0 Å². The van der Waals surface area contributed by atoms with Gasteiger partial charge < -0.3 is 9.84 Å². The number of halogens is 2. The van der Waals surface area contributed by atoms with Crippen molar-refractivity contribution < 1.29 is 14.6 Å². The second-order valence-corrected chi connectivity index (χ2v) is 6.19. The van der Waals surface area contributed by atoms with Gasteiger partial charge >= 0.3 is 5.97 Å². The number of esters is 1. The van der Waals surface area contributed by atoms with E-state index < -0.39 is 6.04 Å². The van der Waals surface area contributed by atoms with Gasteiger partial charge in [-0.3, -0.25) is 5.32 Å². The normalized spacial score (nSPS) is 12.0. The Labute approximate surface area is 148 Å². The van der Waals surface area contributed by atoms with Crippen LogP contribution in [0.15, 0.2) is 46.9 Å². The van der Waals surface area contributed by atoms with Crippen molar-refractivity contribution in [3.63, 3.8) is 0 Å². The van der Waals surface area contributed by atoms with E-state index in [2.05, 4.69) is 21.2 Å². The molecule has 2 aromatic carbocycles. The van der Waals surface area contributed by atoms with Crippen molar-refractivity contribution in [2.45, 2.75) is 19.5 Å². The standard InChI is InChI=1S/C17H17BrClNO3/c1-2-23-17(22)16(11-4-3-5-14(21)8-11)20-10-12-6-7-13(19)9-15(12)18/h3-9,16,20-21H,2,10H2,1H3/t16-/m0/s1. The van der Waals surface area contributed by atoms with Crippen molar-refractivity contribution in [1.29, 1.82) is 0 Å². The Hall–Kier alpha value is -1.56. The van der Waals surface area contributed by atoms with Crippen LogP contribution in [0, 0.1) is 0 Å². The van der Waals surface area contributed by atoms with Crippen LogP contribution in [-0.2, 0) is 16.1 Å². The highest BCUT2D eigenvalue weighted by Crippen LogP contribution is 2.24. The Bertz CT molecular complexity index is 693. The van der Waals surface area contributed by atoms with Crippen LogP contribution in [0.3, 0.4) is 0 Å². The molecule has 0 radical (unpaired) electrons. The number of aromatic hydroxyl groups is 1. The average Bonchev–Trinajstić information content (AvgIpc) is 2.50. The fourth-order valence-corrected chi connectivity index (χ4v) is 2.97. The third-order valence-corrected chi connectivity index (χ3v) is 4.21. The number of hydrogen-bond acceptors (Lipinski definition) is 4. The first-order chi connectivity index (χ1) is 11.0. The van der Waals surface area contributed by atoms with Crippen LogP contribution in [0.1, 0.15) is 24.1 Å². The Morgan fingerprint density at radius 1 is 1.35 bits per heavy atom. The summed E-state index contributed by atoms with van der Waals surface area (Å²) < 4.78 is 5.98. The van der Waals surface area contributed by atoms with E-state index >= 15 is 0 Å². The summed E-state index contributed by atoms with van der Waals surface area (Å²) in [6.07, 6.45) is 0. The summed E-state index contributed by atoms with van der Waals surface area (Å²) in [6.45, 7) is 2.49. The number of nitrogens with one attached hydrogen (secondary N) is 1. The third-order valence-electron chi connectivity index (χ3n) is 3.24. The lowest BCUT2D eigenvalue weighted by Crippen LogP contribution is -2.30. The van der Waals surface area contributed by atoms with Gasteiger partial charge in [-0.2, -0.15) is 0 Å². The Kier molecular flexibility index (Phi) is 6.45. The molecule has 0 aliphatic carbocycles. The van der Waals surface area contributed by atoms with Gasteiger partial charge in [0, 0.05) is 16.0 Å². The van der Waals surface area contributed by atoms with Gasteiger partial charge in [-0.15, -0.1) is 0 Å². The van der Waals surface area contributed by atoms with Gasteiger partial charge in [-0.1, -0.05) is 45.7 Å². The molecular weight excluding hydrogens is 382 g/mol. The Morgan fingerprint density at radius 3 is 2.78 bits per heavy atom. The van der Waals surface area contributed by atoms with Gasteiger partial charge in [-0.05, 0) is 42.3 Å². The molecule has 0 spiro atoms. The van der Waals surface area contributed by atoms with Gasteiger partial charge in [0.05, 0.1) is 6.61 Å². The predicted octanol–water partition coefficient (Wildman–Crippen LogP) is 4.20. The molecule has 1 atom stereocenters. The van der Waals surface area contributed by atoms with Crippen molar-refractivity contribution >= 4 is 33.5 Å². The number of phenolic OH excluding ortho intramolecular Hbond substituents is 1. The summed E-state index contributed by atoms with van der Waals surface area (Å²) in [4.78, 5) is 12.2. The zero-order valence-corrected chi connectivity index (χ0v) is 14.9. The maximum Gasteiger partial charge on any atom is 0.327 e. The van der Waals surface area contributed by atoms with Crippen molar-refractivity contribution in [1.82, 2.24) is 5.32 Å². The molecule has 23 heavy (non-hydrogen) atoms. The van der Waals surface area contributed by atoms with E-state index in [0.29, 0.717) is 23.7 Å². The highest BCUT2D eigenvalue weighted by Gasteiger charge is 2.22. The molecule has 0 heterocycles. The monoisotopic (exact) mass is 397 g/mol. The third kappa shape index (κ3) is 4.96. The maximum absolute atomic E-state index is 12.2. The molecule has 0 saturated carbocycles. The Morgan fingerprint density at radius 2 is 2.13 bits per heavy atom. The van der Waals surface area contributed by atoms with E-state index in [1.807, 2.05) is 6.07 Å². The summed E-state index contributed by atoms with van der Waals surface area (Å²) in [7, 11) is 0. The molecule has 2 N–H and O–H groups in total. The lowest BCUT2D eigenvalue weighted by Gasteiger charge is -2.18. The van der Waals surface area contributed by atoms with Gasteiger partial charge in [-0.25, -0.2) is 4.79 Å². The molecule has 2 rings (SSSR count). The van der Waals surface area contributed by atoms with E-state index in [1.165, 1.54) is 0 Å². The van der Waals surface area contributed by atoms with Crippen LogP contribution in [0.2, 0.25) is 5.02 Å². The van der Waals surface area contributed by atoms with Crippen LogP contribution >= 0.6 is 27.5 Å². The molecule has 6 heteroatoms. The molecule has 2 aromatic rings. The number of benzene rings is 2. The number of hydrogen-bond donors (Lipinski definition) is 2. The average molecular weight is 399 g/mol. The minimum atomic E-state index is -0.662. The summed E-state index contributed by atoms with van der Waals surface area (Å²) in [5.74, 6) is -0.283. The van der Waals surface area contributed by atoms with E-state index in [-0.39, 0.29) is 11.7 Å². The van der Waals surface area contributed by atoms with E-state index in [4.69, 9.17) is 16.3 Å². The molecule has 0 unspecified atom stereocenters. The van der Waals surface area contributed by atoms with Gasteiger partial charge in [0.1, 0.15) is 11.8 Å². The van der Waals surface area contributed by atoms with Crippen LogP contribution < -0.4 is 5.32 Å². The number of rotatable bonds is 6. The molecule has 122 valence electrons. The smallest absolute Gasteiger partial charge is 0.327 e. The second kappa shape index (κ2) is 8.34. The molecule has 0 aliphatic heterocycles. The molecule has 0 bridgehead atoms. The molecule has 0 saturated heterocycles. The first-order valence-electron chi connectivity index (χ1n) is 7.14. The van der Waals surface area contributed by atoms with E-state index in [1.54, 1.807) is 43.3 Å². The predicted molar refractivity (Wildman–Crippen MR) is 93.5 cm³/mol. The first kappa shape index (κ1) is 17.8. The summed E-state index contributed by atoms with van der Waals surface area (Å²) in [5.41, 5.74) is 1.61. The molecule has 0 amide bonds. The molecule has 0 aromatic heterocycles. The highest BCUT2D eigenvalue weighted by molar-refractivity contribution is 9.10. The second-order valence-electron chi connectivity index (χ2n) is 4.90. The maximum atomic E-state index is 12.2. The highest BCUT2D eigenvalue weighted by atomic mass is 79.9. The van der Waals surface area contributed by atoms with Crippen molar-refractivity contribution in [2.24, 2.45) is 0 Å². The summed E-state index contributed by atoms with van der Waals surface area (Å²) >= 11 is 9.38. The van der Waals surface area contributed by atoms with E-state index in [9.17, 15) is 9.90 Å². The van der Waals surface area contributed by atoms with Gasteiger partial charge in [0.25, 0.3) is 0 Å². The SMILES string of the molecule is CCOC(=O)[C@@H](NCc1ccc(Cl)cc1Br)c1cccc(O)c1. The van der Waals surface area contributed by atoms with Crippen molar-refractivity contribution in [3.05, 3.63) is 63.1 Å². The fourth-order valence-electron chi connectivity index (χ4n) is 2.14. The Balaban J connectivity index is 2.19. The largest absolute Gasteiger partial charge is 0.508 e. The van der Waals surface area contributed by atoms with Crippen LogP contribution in [0.5, 0.6) is 5.75 Å². The van der Waals surface area contributed by atoms with Crippen LogP contribution in [0.4, 0.5) is 0 Å². The topological polar surface area (TPSA) is 58.6 Å². The minimum Gasteiger partial charge on any atom is -0.508 e. The first-order valence-corrected chi connectivity index (χ1v) is 8.31. The molecule has 4 nitrogen and oxygen atoms in total. The van der Waals surface area contributed by atoms with Crippen LogP contribution in [-0.4, -0.2) is 17.7 Å². The van der Waals surface area contributed by atoms with Crippen molar-refractivity contribution in [2.75, 3.05) is 6.61 Å². The number of phenols is 1.